The second kappa shape index (κ2) is 7.67. The van der Waals surface area contributed by atoms with E-state index in [4.69, 9.17) is 11.6 Å². The van der Waals surface area contributed by atoms with Crippen LogP contribution in [-0.4, -0.2) is 13.6 Å². The Hall–Kier alpha value is -1.03. The largest absolute Gasteiger partial charge is 0.368 e. The van der Waals surface area contributed by atoms with Crippen LogP contribution >= 0.6 is 22.9 Å². The number of anilines is 1. The van der Waals surface area contributed by atoms with Crippen LogP contribution in [0, 0.1) is 0 Å². The summed E-state index contributed by atoms with van der Waals surface area (Å²) in [5, 5.41) is 6.38. The molecule has 2 nitrogen and oxygen atoms in total. The maximum absolute atomic E-state index is 6.41. The van der Waals surface area contributed by atoms with E-state index in [9.17, 15) is 0 Å². The molecular weight excluding hydrogens is 288 g/mol. The molecule has 0 atom stereocenters. The predicted octanol–water partition coefficient (Wildman–Crippen LogP) is 4.54. The Morgan fingerprint density at radius 1 is 1.25 bits per heavy atom. The van der Waals surface area contributed by atoms with Crippen molar-refractivity contribution in [2.75, 3.05) is 18.5 Å². The average Bonchev–Trinajstić information content (AvgIpc) is 2.92. The van der Waals surface area contributed by atoms with Gasteiger partial charge in [0.1, 0.15) is 0 Å². The highest BCUT2D eigenvalue weighted by Crippen LogP contribution is 2.30. The van der Waals surface area contributed by atoms with E-state index in [1.54, 1.807) is 11.3 Å². The third-order valence-electron chi connectivity index (χ3n) is 3.17. The van der Waals surface area contributed by atoms with Crippen LogP contribution in [0.5, 0.6) is 0 Å². The summed E-state index contributed by atoms with van der Waals surface area (Å²) in [7, 11) is 2.10. The molecule has 1 aromatic heterocycles. The van der Waals surface area contributed by atoms with E-state index in [0.29, 0.717) is 0 Å². The van der Waals surface area contributed by atoms with Crippen molar-refractivity contribution in [1.29, 1.82) is 0 Å². The van der Waals surface area contributed by atoms with Gasteiger partial charge in [-0.25, -0.2) is 0 Å². The molecule has 0 saturated carbocycles. The van der Waals surface area contributed by atoms with E-state index in [-0.39, 0.29) is 0 Å². The van der Waals surface area contributed by atoms with Gasteiger partial charge < -0.3 is 10.2 Å². The Morgan fingerprint density at radius 2 is 2.10 bits per heavy atom. The minimum absolute atomic E-state index is 0.819. The molecule has 1 N–H and O–H groups in total. The van der Waals surface area contributed by atoms with Crippen molar-refractivity contribution in [2.24, 2.45) is 0 Å². The number of benzene rings is 1. The van der Waals surface area contributed by atoms with Crippen LogP contribution in [0.25, 0.3) is 0 Å². The first-order valence-corrected chi connectivity index (χ1v) is 8.19. The number of rotatable bonds is 7. The molecule has 20 heavy (non-hydrogen) atoms. The fourth-order valence-electron chi connectivity index (χ4n) is 2.25. The van der Waals surface area contributed by atoms with Crippen LogP contribution in [0.1, 0.15) is 23.8 Å². The minimum atomic E-state index is 0.819. The summed E-state index contributed by atoms with van der Waals surface area (Å²) in [6, 6.07) is 10.4. The predicted molar refractivity (Wildman–Crippen MR) is 89.9 cm³/mol. The summed E-state index contributed by atoms with van der Waals surface area (Å²) in [6.07, 6.45) is 1.14. The second-order valence-corrected chi connectivity index (χ2v) is 6.30. The lowest BCUT2D eigenvalue weighted by Gasteiger charge is -2.23. The Morgan fingerprint density at radius 3 is 2.80 bits per heavy atom. The van der Waals surface area contributed by atoms with E-state index in [0.717, 1.165) is 36.8 Å². The minimum Gasteiger partial charge on any atom is -0.368 e. The van der Waals surface area contributed by atoms with E-state index in [1.807, 2.05) is 12.1 Å². The third-order valence-corrected chi connectivity index (χ3v) is 4.33. The topological polar surface area (TPSA) is 15.3 Å². The first kappa shape index (κ1) is 15.4. The monoisotopic (exact) mass is 308 g/mol. The molecule has 2 rings (SSSR count). The van der Waals surface area contributed by atoms with Crippen molar-refractivity contribution in [2.45, 2.75) is 26.4 Å². The summed E-state index contributed by atoms with van der Waals surface area (Å²) in [5.41, 5.74) is 2.39. The fourth-order valence-corrected chi connectivity index (χ4v) is 3.34. The van der Waals surface area contributed by atoms with Crippen LogP contribution in [0.4, 0.5) is 5.69 Å². The van der Waals surface area contributed by atoms with Crippen LogP contribution in [0.15, 0.2) is 35.7 Å². The molecule has 108 valence electrons. The van der Waals surface area contributed by atoms with Gasteiger partial charge in [0.25, 0.3) is 0 Å². The molecule has 0 radical (unpaired) electrons. The number of para-hydroxylation sites is 1. The Labute approximate surface area is 130 Å². The van der Waals surface area contributed by atoms with Gasteiger partial charge in [0.15, 0.2) is 0 Å². The van der Waals surface area contributed by atoms with Gasteiger partial charge in [-0.05, 0) is 36.0 Å². The zero-order chi connectivity index (χ0) is 14.4. The van der Waals surface area contributed by atoms with Crippen molar-refractivity contribution >= 4 is 28.6 Å². The summed E-state index contributed by atoms with van der Waals surface area (Å²) in [6.45, 7) is 4.95. The molecule has 2 aromatic rings. The first-order chi connectivity index (χ1) is 9.72. The van der Waals surface area contributed by atoms with Gasteiger partial charge in [0, 0.05) is 18.5 Å². The van der Waals surface area contributed by atoms with Crippen LogP contribution < -0.4 is 10.2 Å². The van der Waals surface area contributed by atoms with Gasteiger partial charge in [-0.3, -0.25) is 0 Å². The van der Waals surface area contributed by atoms with Crippen molar-refractivity contribution in [3.8, 4) is 0 Å². The number of hydrogen-bond acceptors (Lipinski definition) is 3. The van der Waals surface area contributed by atoms with E-state index in [2.05, 4.69) is 47.8 Å². The van der Waals surface area contributed by atoms with E-state index < -0.39 is 0 Å². The number of halogens is 1. The molecule has 1 heterocycles. The highest BCUT2D eigenvalue weighted by Gasteiger charge is 2.12. The maximum Gasteiger partial charge on any atom is 0.0642 e. The molecular formula is C16H21ClN2S. The Bertz CT molecular complexity index is 525. The van der Waals surface area contributed by atoms with Crippen molar-refractivity contribution < 1.29 is 0 Å². The molecule has 1 aromatic carbocycles. The summed E-state index contributed by atoms with van der Waals surface area (Å²) < 4.78 is 0. The highest BCUT2D eigenvalue weighted by molar-refractivity contribution is 7.09. The molecule has 0 saturated heterocycles. The van der Waals surface area contributed by atoms with Gasteiger partial charge in [-0.2, -0.15) is 0 Å². The summed E-state index contributed by atoms with van der Waals surface area (Å²) in [4.78, 5) is 3.58. The average molecular weight is 309 g/mol. The number of thiophene rings is 1. The molecule has 0 unspecified atom stereocenters. The van der Waals surface area contributed by atoms with E-state index >= 15 is 0 Å². The van der Waals surface area contributed by atoms with Crippen molar-refractivity contribution in [3.63, 3.8) is 0 Å². The van der Waals surface area contributed by atoms with Crippen LogP contribution in [-0.2, 0) is 13.1 Å². The van der Waals surface area contributed by atoms with Gasteiger partial charge in [0.05, 0.1) is 17.3 Å². The normalized spacial score (nSPS) is 10.8. The molecule has 0 bridgehead atoms. The van der Waals surface area contributed by atoms with Crippen LogP contribution in [0.3, 0.4) is 0 Å². The number of hydrogen-bond donors (Lipinski definition) is 1. The molecule has 4 heteroatoms. The smallest absolute Gasteiger partial charge is 0.0642 e. The Kier molecular flexibility index (Phi) is 5.89. The molecule has 0 aliphatic heterocycles. The standard InChI is InChI=1S/C16H21ClN2S/c1-3-9-18-11-13-6-4-8-15(17)16(13)19(2)12-14-7-5-10-20-14/h4-8,10,18H,3,9,11-12H2,1-2H3. The van der Waals surface area contributed by atoms with Gasteiger partial charge >= 0.3 is 0 Å². The maximum atomic E-state index is 6.41. The van der Waals surface area contributed by atoms with Crippen LogP contribution in [0.2, 0.25) is 5.02 Å². The summed E-state index contributed by atoms with van der Waals surface area (Å²) >= 11 is 8.19. The Balaban J connectivity index is 2.15. The second-order valence-electron chi connectivity index (χ2n) is 4.86. The zero-order valence-electron chi connectivity index (χ0n) is 12.0. The number of nitrogens with zero attached hydrogens (tertiary/aromatic N) is 1. The number of nitrogens with one attached hydrogen (secondary N) is 1. The molecule has 0 fully saturated rings. The lowest BCUT2D eigenvalue weighted by atomic mass is 10.1. The molecule has 0 aliphatic rings. The molecule has 0 amide bonds. The highest BCUT2D eigenvalue weighted by atomic mass is 35.5. The van der Waals surface area contributed by atoms with Gasteiger partial charge in [0.2, 0.25) is 0 Å². The van der Waals surface area contributed by atoms with E-state index in [1.165, 1.54) is 10.4 Å². The summed E-state index contributed by atoms with van der Waals surface area (Å²) in [5.74, 6) is 0. The quantitative estimate of drug-likeness (QED) is 0.756. The molecule has 0 aliphatic carbocycles. The van der Waals surface area contributed by atoms with Gasteiger partial charge in [-0.15, -0.1) is 11.3 Å². The lowest BCUT2D eigenvalue weighted by molar-refractivity contribution is 0.674. The third kappa shape index (κ3) is 3.98. The first-order valence-electron chi connectivity index (χ1n) is 6.94. The lowest BCUT2D eigenvalue weighted by Crippen LogP contribution is -2.21. The SMILES string of the molecule is CCCNCc1cccc(Cl)c1N(C)Cc1cccs1. The fraction of sp³-hybridized carbons (Fsp3) is 0.375. The van der Waals surface area contributed by atoms with Crippen molar-refractivity contribution in [1.82, 2.24) is 5.32 Å². The van der Waals surface area contributed by atoms with Crippen molar-refractivity contribution in [3.05, 3.63) is 51.2 Å². The van der Waals surface area contributed by atoms with Gasteiger partial charge in [-0.1, -0.05) is 36.7 Å². The molecule has 0 spiro atoms. The zero-order valence-corrected chi connectivity index (χ0v) is 13.6.